The Balaban J connectivity index is 0.000000547. The molecule has 0 heterocycles. The maximum absolute atomic E-state index is 12.3. The second-order valence-electron chi connectivity index (χ2n) is 7.21. The third-order valence-electron chi connectivity index (χ3n) is 4.83. The summed E-state index contributed by atoms with van der Waals surface area (Å²) in [7, 11) is 1.93. The van der Waals surface area contributed by atoms with Gasteiger partial charge in [-0.25, -0.2) is 9.59 Å². The molecule has 0 saturated heterocycles. The van der Waals surface area contributed by atoms with E-state index in [0.29, 0.717) is 25.0 Å². The Hall–Kier alpha value is -3.45. The van der Waals surface area contributed by atoms with Gasteiger partial charge in [0.1, 0.15) is 5.60 Å². The third kappa shape index (κ3) is 8.73. The van der Waals surface area contributed by atoms with Crippen molar-refractivity contribution < 1.29 is 29.3 Å². The summed E-state index contributed by atoms with van der Waals surface area (Å²) in [6, 6.07) is 20.3. The van der Waals surface area contributed by atoms with Crippen LogP contribution in [0.1, 0.15) is 31.4 Å². The molecule has 2 aromatic rings. The maximum Gasteiger partial charge on any atom is 0.328 e. The van der Waals surface area contributed by atoms with Crippen LogP contribution in [-0.2, 0) is 31.1 Å². The van der Waals surface area contributed by atoms with Gasteiger partial charge in [-0.15, -0.1) is 0 Å². The fourth-order valence-corrected chi connectivity index (χ4v) is 3.26. The lowest BCUT2D eigenvalue weighted by atomic mass is 9.77. The van der Waals surface area contributed by atoms with Crippen LogP contribution in [0.2, 0.25) is 0 Å². The summed E-state index contributed by atoms with van der Waals surface area (Å²) in [6.07, 6.45) is 2.15. The Morgan fingerprint density at radius 3 is 1.91 bits per heavy atom. The first-order valence-electron chi connectivity index (χ1n) is 10.3. The molecule has 7 nitrogen and oxygen atoms in total. The molecule has 3 N–H and O–H groups in total. The molecule has 0 aromatic heterocycles. The molecule has 0 bridgehead atoms. The number of nitrogens with one attached hydrogen (secondary N) is 1. The maximum atomic E-state index is 12.3. The number of hydrogen-bond acceptors (Lipinski definition) is 5. The summed E-state index contributed by atoms with van der Waals surface area (Å²) in [5, 5.41) is 18.9. The molecule has 0 saturated carbocycles. The summed E-state index contributed by atoms with van der Waals surface area (Å²) >= 11 is 0. The molecule has 0 aliphatic carbocycles. The lowest BCUT2D eigenvalue weighted by Crippen LogP contribution is -2.44. The Bertz CT molecular complexity index is 866. The van der Waals surface area contributed by atoms with Crippen molar-refractivity contribution in [2.45, 2.75) is 32.3 Å². The summed E-state index contributed by atoms with van der Waals surface area (Å²) in [4.78, 5) is 31.4. The van der Waals surface area contributed by atoms with Crippen molar-refractivity contribution in [3.8, 4) is 0 Å². The highest BCUT2D eigenvalue weighted by molar-refractivity contribution is 5.89. The topological polar surface area (TPSA) is 113 Å². The number of benzene rings is 2. The van der Waals surface area contributed by atoms with Crippen LogP contribution < -0.4 is 5.32 Å². The molecule has 0 amide bonds. The number of carbonyl (C=O) groups is 3. The van der Waals surface area contributed by atoms with E-state index in [1.807, 2.05) is 50.4 Å². The summed E-state index contributed by atoms with van der Waals surface area (Å²) in [5.74, 6) is -2.56. The minimum absolute atomic E-state index is 0.126. The van der Waals surface area contributed by atoms with Crippen molar-refractivity contribution in [3.63, 3.8) is 0 Å². The molecular weight excluding hydrogens is 410 g/mol. The lowest BCUT2D eigenvalue weighted by Gasteiger charge is -2.39. The van der Waals surface area contributed by atoms with Gasteiger partial charge in [0, 0.05) is 37.5 Å². The van der Waals surface area contributed by atoms with Crippen molar-refractivity contribution in [2.75, 3.05) is 13.6 Å². The van der Waals surface area contributed by atoms with Crippen LogP contribution in [0.4, 0.5) is 0 Å². The van der Waals surface area contributed by atoms with Gasteiger partial charge >= 0.3 is 17.9 Å². The van der Waals surface area contributed by atoms with Crippen molar-refractivity contribution in [3.05, 3.63) is 83.9 Å². The molecule has 2 unspecified atom stereocenters. The first kappa shape index (κ1) is 26.6. The van der Waals surface area contributed by atoms with E-state index in [1.165, 1.54) is 0 Å². The molecule has 2 atom stereocenters. The number of rotatable bonds is 10. The van der Waals surface area contributed by atoms with Crippen molar-refractivity contribution in [1.29, 1.82) is 0 Å². The first-order valence-corrected chi connectivity index (χ1v) is 10.3. The van der Waals surface area contributed by atoms with E-state index in [-0.39, 0.29) is 11.9 Å². The number of carbonyl (C=O) groups excluding carboxylic acids is 1. The highest BCUT2D eigenvalue weighted by Crippen LogP contribution is 2.37. The molecule has 32 heavy (non-hydrogen) atoms. The van der Waals surface area contributed by atoms with Crippen molar-refractivity contribution >= 4 is 17.9 Å². The molecule has 0 aliphatic heterocycles. The number of ether oxygens (including phenoxy) is 1. The molecule has 0 fully saturated rings. The number of aliphatic carboxylic acids is 2. The van der Waals surface area contributed by atoms with Crippen LogP contribution >= 0.6 is 0 Å². The van der Waals surface area contributed by atoms with Crippen molar-refractivity contribution in [2.24, 2.45) is 5.92 Å². The van der Waals surface area contributed by atoms with E-state index < -0.39 is 17.5 Å². The van der Waals surface area contributed by atoms with Gasteiger partial charge in [-0.2, -0.15) is 0 Å². The SMILES string of the molecule is CCC(=O)OC(Cc1ccccc1)(c1ccccc1)C(C)CNC.O=C(O)/C=C/C(=O)O. The fourth-order valence-electron chi connectivity index (χ4n) is 3.26. The molecule has 172 valence electrons. The van der Waals surface area contributed by atoms with Crippen LogP contribution in [-0.4, -0.2) is 41.7 Å². The van der Waals surface area contributed by atoms with E-state index >= 15 is 0 Å². The fraction of sp³-hybridized carbons (Fsp3) is 0.320. The van der Waals surface area contributed by atoms with Crippen molar-refractivity contribution in [1.82, 2.24) is 5.32 Å². The molecule has 7 heteroatoms. The van der Waals surface area contributed by atoms with Crippen LogP contribution in [0.25, 0.3) is 0 Å². The monoisotopic (exact) mass is 441 g/mol. The number of esters is 1. The molecular formula is C25H31NO6. The molecule has 0 spiro atoms. The minimum Gasteiger partial charge on any atom is -0.478 e. The zero-order valence-electron chi connectivity index (χ0n) is 18.7. The summed E-state index contributed by atoms with van der Waals surface area (Å²) in [5.41, 5.74) is 1.52. The lowest BCUT2D eigenvalue weighted by molar-refractivity contribution is -0.167. The average molecular weight is 442 g/mol. The predicted molar refractivity (Wildman–Crippen MR) is 122 cm³/mol. The van der Waals surface area contributed by atoms with E-state index in [1.54, 1.807) is 0 Å². The first-order chi connectivity index (χ1) is 15.2. The number of hydrogen-bond donors (Lipinski definition) is 3. The Morgan fingerprint density at radius 1 is 0.969 bits per heavy atom. The summed E-state index contributed by atoms with van der Waals surface area (Å²) < 4.78 is 6.11. The molecule has 0 radical (unpaired) electrons. The Kier molecular flexibility index (Phi) is 11.4. The Morgan fingerprint density at radius 2 is 1.47 bits per heavy atom. The number of carboxylic acids is 2. The van der Waals surface area contributed by atoms with E-state index in [9.17, 15) is 14.4 Å². The van der Waals surface area contributed by atoms with E-state index in [0.717, 1.165) is 17.7 Å². The van der Waals surface area contributed by atoms with Gasteiger partial charge in [-0.1, -0.05) is 74.5 Å². The normalized spacial score (nSPS) is 13.3. The van der Waals surface area contributed by atoms with Crippen LogP contribution in [0.5, 0.6) is 0 Å². The second-order valence-corrected chi connectivity index (χ2v) is 7.21. The second kappa shape index (κ2) is 13.8. The Labute approximate surface area is 188 Å². The third-order valence-corrected chi connectivity index (χ3v) is 4.83. The number of carboxylic acid groups (broad SMARTS) is 2. The van der Waals surface area contributed by atoms with Gasteiger partial charge in [0.25, 0.3) is 0 Å². The zero-order chi connectivity index (χ0) is 24.0. The molecule has 2 rings (SSSR count). The molecule has 0 aliphatic rings. The highest BCUT2D eigenvalue weighted by Gasteiger charge is 2.41. The minimum atomic E-state index is -1.26. The van der Waals surface area contributed by atoms with E-state index in [4.69, 9.17) is 14.9 Å². The van der Waals surface area contributed by atoms with Gasteiger partial charge in [0.05, 0.1) is 0 Å². The molecule has 2 aromatic carbocycles. The smallest absolute Gasteiger partial charge is 0.328 e. The van der Waals surface area contributed by atoms with Gasteiger partial charge in [0.15, 0.2) is 0 Å². The average Bonchev–Trinajstić information content (AvgIpc) is 2.79. The standard InChI is InChI=1S/C21H27NO2.C4H4O4/c1-4-20(23)24-21(17(2)16-22-3,19-13-9-6-10-14-19)15-18-11-7-5-8-12-18;5-3(6)1-2-4(7)8/h5-14,17,22H,4,15-16H2,1-3H3;1-2H,(H,5,6)(H,7,8)/b;2-1+. The van der Waals surface area contributed by atoms with Crippen LogP contribution in [0, 0.1) is 5.92 Å². The van der Waals surface area contributed by atoms with Gasteiger partial charge < -0.3 is 20.3 Å². The predicted octanol–water partition coefficient (Wildman–Crippen LogP) is 3.65. The van der Waals surface area contributed by atoms with Gasteiger partial charge in [-0.05, 0) is 18.2 Å². The van der Waals surface area contributed by atoms with Gasteiger partial charge in [-0.3, -0.25) is 4.79 Å². The largest absolute Gasteiger partial charge is 0.478 e. The van der Waals surface area contributed by atoms with Crippen LogP contribution in [0.15, 0.2) is 72.8 Å². The summed E-state index contributed by atoms with van der Waals surface area (Å²) in [6.45, 7) is 4.73. The zero-order valence-corrected chi connectivity index (χ0v) is 18.7. The quantitative estimate of drug-likeness (QED) is 0.381. The van der Waals surface area contributed by atoms with Crippen LogP contribution in [0.3, 0.4) is 0 Å². The van der Waals surface area contributed by atoms with E-state index in [2.05, 4.69) is 36.5 Å². The van der Waals surface area contributed by atoms with Gasteiger partial charge in [0.2, 0.25) is 0 Å². The highest BCUT2D eigenvalue weighted by atomic mass is 16.6.